The van der Waals surface area contributed by atoms with E-state index < -0.39 is 17.7 Å². The van der Waals surface area contributed by atoms with Crippen LogP contribution >= 0.6 is 11.6 Å². The van der Waals surface area contributed by atoms with Crippen molar-refractivity contribution in [3.63, 3.8) is 0 Å². The zero-order chi connectivity index (χ0) is 20.7. The molecule has 0 aliphatic carbocycles. The van der Waals surface area contributed by atoms with Crippen LogP contribution in [0.4, 0.5) is 4.79 Å². The van der Waals surface area contributed by atoms with Crippen LogP contribution in [0.3, 0.4) is 0 Å². The first-order valence-electron chi connectivity index (χ1n) is 9.17. The predicted molar refractivity (Wildman–Crippen MR) is 111 cm³/mol. The van der Waals surface area contributed by atoms with Gasteiger partial charge in [-0.05, 0) is 44.0 Å². The van der Waals surface area contributed by atoms with Gasteiger partial charge in [0.2, 0.25) is 5.91 Å². The van der Waals surface area contributed by atoms with E-state index in [2.05, 4.69) is 5.32 Å². The van der Waals surface area contributed by atoms with Crippen molar-refractivity contribution >= 4 is 23.6 Å². The minimum absolute atomic E-state index is 0.190. The van der Waals surface area contributed by atoms with Gasteiger partial charge in [0.05, 0.1) is 0 Å². The predicted octanol–water partition coefficient (Wildman–Crippen LogP) is 4.43. The fourth-order valence-corrected chi connectivity index (χ4v) is 2.83. The number of carbonyl (C=O) groups excluding carboxylic acids is 2. The summed E-state index contributed by atoms with van der Waals surface area (Å²) in [7, 11) is 1.71. The van der Waals surface area contributed by atoms with E-state index in [4.69, 9.17) is 16.3 Å². The van der Waals surface area contributed by atoms with Crippen molar-refractivity contribution in [1.82, 2.24) is 10.2 Å². The third-order valence-corrected chi connectivity index (χ3v) is 4.23. The Bertz CT molecular complexity index is 786. The molecule has 0 fully saturated rings. The summed E-state index contributed by atoms with van der Waals surface area (Å²) in [5.41, 5.74) is 1.27. The molecule has 0 unspecified atom stereocenters. The van der Waals surface area contributed by atoms with Crippen molar-refractivity contribution in [2.75, 3.05) is 7.05 Å². The number of hydrogen-bond acceptors (Lipinski definition) is 3. The molecule has 0 saturated heterocycles. The number of benzene rings is 2. The Labute approximate surface area is 171 Å². The van der Waals surface area contributed by atoms with Crippen LogP contribution in [0.25, 0.3) is 0 Å². The summed E-state index contributed by atoms with van der Waals surface area (Å²) in [5.74, 6) is -0.190. The average Bonchev–Trinajstić information content (AvgIpc) is 2.61. The molecule has 0 aliphatic rings. The number of rotatable bonds is 6. The first-order chi connectivity index (χ1) is 13.1. The van der Waals surface area contributed by atoms with Gasteiger partial charge in [0, 0.05) is 25.0 Å². The third kappa shape index (κ3) is 7.24. The van der Waals surface area contributed by atoms with Crippen LogP contribution in [0.1, 0.15) is 31.9 Å². The molecule has 1 N–H and O–H groups in total. The summed E-state index contributed by atoms with van der Waals surface area (Å²) in [5, 5.41) is 3.37. The van der Waals surface area contributed by atoms with Crippen molar-refractivity contribution in [1.29, 1.82) is 0 Å². The van der Waals surface area contributed by atoms with Gasteiger partial charge in [0.1, 0.15) is 11.6 Å². The molecule has 28 heavy (non-hydrogen) atoms. The molecule has 2 aromatic rings. The second kappa shape index (κ2) is 9.60. The summed E-state index contributed by atoms with van der Waals surface area (Å²) in [4.78, 5) is 26.9. The fourth-order valence-electron chi connectivity index (χ4n) is 2.71. The zero-order valence-corrected chi connectivity index (χ0v) is 17.5. The van der Waals surface area contributed by atoms with Gasteiger partial charge in [-0.2, -0.15) is 0 Å². The molecule has 0 spiro atoms. The number of hydrogen-bond donors (Lipinski definition) is 1. The second-order valence-corrected chi connectivity index (χ2v) is 8.15. The van der Waals surface area contributed by atoms with E-state index in [1.807, 2.05) is 42.5 Å². The minimum atomic E-state index is -0.727. The van der Waals surface area contributed by atoms with Crippen LogP contribution in [0.15, 0.2) is 54.6 Å². The normalized spacial score (nSPS) is 12.2. The van der Waals surface area contributed by atoms with E-state index in [1.165, 1.54) is 0 Å². The highest BCUT2D eigenvalue weighted by Crippen LogP contribution is 2.13. The number of halogens is 1. The van der Waals surface area contributed by atoms with Crippen LogP contribution in [-0.4, -0.2) is 35.6 Å². The molecule has 0 aromatic heterocycles. The number of nitrogens with zero attached hydrogens (tertiary/aromatic N) is 1. The topological polar surface area (TPSA) is 58.6 Å². The molecule has 150 valence electrons. The van der Waals surface area contributed by atoms with E-state index in [0.29, 0.717) is 18.0 Å². The van der Waals surface area contributed by atoms with Gasteiger partial charge >= 0.3 is 6.09 Å². The summed E-state index contributed by atoms with van der Waals surface area (Å²) in [6, 6.07) is 16.2. The standard InChI is InChI=1S/C22H27ClN2O3/c1-22(2,3)28-21(27)24-19(14-16-8-6-5-7-9-16)20(26)25(4)15-17-10-12-18(23)13-11-17/h5-13,19H,14-15H2,1-4H3,(H,24,27)/t19-/m0/s1. The number of nitrogens with one attached hydrogen (secondary N) is 1. The van der Waals surface area contributed by atoms with Crippen LogP contribution in [0.2, 0.25) is 5.02 Å². The summed E-state index contributed by atoms with van der Waals surface area (Å²) in [6.07, 6.45) is -0.231. The number of likely N-dealkylation sites (N-methyl/N-ethyl adjacent to an activating group) is 1. The Morgan fingerprint density at radius 1 is 1.04 bits per heavy atom. The Balaban J connectivity index is 2.12. The third-order valence-electron chi connectivity index (χ3n) is 3.98. The maximum absolute atomic E-state index is 13.0. The molecule has 1 atom stereocenters. The number of ether oxygens (including phenoxy) is 1. The SMILES string of the molecule is CN(Cc1ccc(Cl)cc1)C(=O)[C@H](Cc1ccccc1)NC(=O)OC(C)(C)C. The van der Waals surface area contributed by atoms with Gasteiger partial charge in [-0.1, -0.05) is 54.1 Å². The van der Waals surface area contributed by atoms with Gasteiger partial charge in [-0.25, -0.2) is 4.79 Å². The zero-order valence-electron chi connectivity index (χ0n) is 16.7. The van der Waals surface area contributed by atoms with Crippen molar-refractivity contribution in [2.24, 2.45) is 0 Å². The molecular formula is C22H27ClN2O3. The summed E-state index contributed by atoms with van der Waals surface area (Å²) >= 11 is 5.92. The molecule has 0 bridgehead atoms. The first-order valence-corrected chi connectivity index (χ1v) is 9.55. The molecule has 0 heterocycles. The lowest BCUT2D eigenvalue weighted by molar-refractivity contribution is -0.132. The summed E-state index contributed by atoms with van der Waals surface area (Å²) < 4.78 is 5.33. The lowest BCUT2D eigenvalue weighted by atomic mass is 10.0. The Morgan fingerprint density at radius 3 is 2.21 bits per heavy atom. The lowest BCUT2D eigenvalue weighted by Gasteiger charge is -2.26. The number of amides is 2. The fraction of sp³-hybridized carbons (Fsp3) is 0.364. The van der Waals surface area contributed by atoms with E-state index in [-0.39, 0.29) is 5.91 Å². The first kappa shape index (κ1) is 21.8. The van der Waals surface area contributed by atoms with E-state index in [9.17, 15) is 9.59 Å². The van der Waals surface area contributed by atoms with Crippen molar-refractivity contribution in [3.8, 4) is 0 Å². The molecule has 2 aromatic carbocycles. The van der Waals surface area contributed by atoms with E-state index in [0.717, 1.165) is 11.1 Å². The molecule has 0 saturated carbocycles. The molecule has 0 aliphatic heterocycles. The molecule has 5 nitrogen and oxygen atoms in total. The maximum Gasteiger partial charge on any atom is 0.408 e. The highest BCUT2D eigenvalue weighted by Gasteiger charge is 2.27. The monoisotopic (exact) mass is 402 g/mol. The average molecular weight is 403 g/mol. The largest absolute Gasteiger partial charge is 0.444 e. The highest BCUT2D eigenvalue weighted by atomic mass is 35.5. The number of alkyl carbamates (subject to hydrolysis) is 1. The van der Waals surface area contributed by atoms with Crippen LogP contribution in [-0.2, 0) is 22.5 Å². The van der Waals surface area contributed by atoms with Crippen LogP contribution < -0.4 is 5.32 Å². The molecule has 2 amide bonds. The minimum Gasteiger partial charge on any atom is -0.444 e. The molecule has 6 heteroatoms. The smallest absolute Gasteiger partial charge is 0.408 e. The second-order valence-electron chi connectivity index (χ2n) is 7.71. The molecular weight excluding hydrogens is 376 g/mol. The Kier molecular flexibility index (Phi) is 7.46. The van der Waals surface area contributed by atoms with Crippen LogP contribution in [0.5, 0.6) is 0 Å². The van der Waals surface area contributed by atoms with Gasteiger partial charge in [-0.3, -0.25) is 4.79 Å². The Hall–Kier alpha value is -2.53. The van der Waals surface area contributed by atoms with E-state index in [1.54, 1.807) is 44.9 Å². The van der Waals surface area contributed by atoms with Crippen molar-refractivity contribution in [2.45, 2.75) is 45.4 Å². The van der Waals surface area contributed by atoms with Crippen molar-refractivity contribution in [3.05, 3.63) is 70.7 Å². The van der Waals surface area contributed by atoms with Gasteiger partial charge < -0.3 is 15.0 Å². The van der Waals surface area contributed by atoms with Crippen LogP contribution in [0, 0.1) is 0 Å². The lowest BCUT2D eigenvalue weighted by Crippen LogP contribution is -2.49. The quantitative estimate of drug-likeness (QED) is 0.777. The van der Waals surface area contributed by atoms with Gasteiger partial charge in [0.25, 0.3) is 0 Å². The van der Waals surface area contributed by atoms with Crippen molar-refractivity contribution < 1.29 is 14.3 Å². The maximum atomic E-state index is 13.0. The van der Waals surface area contributed by atoms with E-state index >= 15 is 0 Å². The molecule has 0 radical (unpaired) electrons. The molecule has 2 rings (SSSR count). The highest BCUT2D eigenvalue weighted by molar-refractivity contribution is 6.30. The van der Waals surface area contributed by atoms with Gasteiger partial charge in [-0.15, -0.1) is 0 Å². The van der Waals surface area contributed by atoms with Gasteiger partial charge in [0.15, 0.2) is 0 Å². The number of carbonyl (C=O) groups is 2. The Morgan fingerprint density at radius 2 is 1.64 bits per heavy atom. The summed E-state index contributed by atoms with van der Waals surface area (Å²) in [6.45, 7) is 5.77.